The summed E-state index contributed by atoms with van der Waals surface area (Å²) in [4.78, 5) is 13.2. The first-order valence-corrected chi connectivity index (χ1v) is 9.59. The van der Waals surface area contributed by atoms with Gasteiger partial charge in [0.05, 0.1) is 13.7 Å². The zero-order chi connectivity index (χ0) is 20.2. The quantitative estimate of drug-likeness (QED) is 0.655. The molecule has 1 unspecified atom stereocenters. The highest BCUT2D eigenvalue weighted by Crippen LogP contribution is 2.42. The van der Waals surface area contributed by atoms with Crippen molar-refractivity contribution < 1.29 is 19.4 Å². The van der Waals surface area contributed by atoms with Gasteiger partial charge in [-0.15, -0.1) is 0 Å². The first-order chi connectivity index (χ1) is 14.2. The molecule has 1 N–H and O–H groups in total. The van der Waals surface area contributed by atoms with E-state index in [9.17, 15) is 9.90 Å². The van der Waals surface area contributed by atoms with Crippen LogP contribution in [0.4, 0.5) is 4.79 Å². The Hall–Kier alpha value is -3.47. The van der Waals surface area contributed by atoms with Crippen molar-refractivity contribution in [3.05, 3.63) is 83.9 Å². The Bertz CT molecular complexity index is 1000. The molecule has 1 atom stereocenters. The van der Waals surface area contributed by atoms with Gasteiger partial charge in [0.2, 0.25) is 0 Å². The highest BCUT2D eigenvalue weighted by atomic mass is 16.5. The van der Waals surface area contributed by atoms with E-state index in [1.807, 2.05) is 72.8 Å². The van der Waals surface area contributed by atoms with Crippen LogP contribution in [0.25, 0.3) is 11.1 Å². The third-order valence-corrected chi connectivity index (χ3v) is 5.14. The van der Waals surface area contributed by atoms with Crippen molar-refractivity contribution in [2.45, 2.75) is 19.1 Å². The molecule has 5 nitrogen and oxygen atoms in total. The molecule has 1 aliphatic rings. The van der Waals surface area contributed by atoms with Gasteiger partial charge in [0.1, 0.15) is 17.6 Å². The van der Waals surface area contributed by atoms with Crippen LogP contribution < -0.4 is 9.47 Å². The van der Waals surface area contributed by atoms with Gasteiger partial charge < -0.3 is 19.5 Å². The van der Waals surface area contributed by atoms with Crippen molar-refractivity contribution in [1.29, 1.82) is 0 Å². The fraction of sp³-hybridized carbons (Fsp3) is 0.208. The number of ether oxygens (including phenoxy) is 2. The largest absolute Gasteiger partial charge is 0.496 e. The predicted octanol–water partition coefficient (Wildman–Crippen LogP) is 4.85. The molecule has 0 aliphatic carbocycles. The van der Waals surface area contributed by atoms with Crippen LogP contribution in [-0.4, -0.2) is 35.9 Å². The van der Waals surface area contributed by atoms with Crippen molar-refractivity contribution in [2.75, 3.05) is 13.7 Å². The zero-order valence-corrected chi connectivity index (χ0v) is 16.2. The molecule has 3 aromatic carbocycles. The maximum Gasteiger partial charge on any atom is 0.407 e. The van der Waals surface area contributed by atoms with Gasteiger partial charge in [-0.05, 0) is 17.2 Å². The summed E-state index contributed by atoms with van der Waals surface area (Å²) in [6.07, 6.45) is -0.490. The molecule has 3 aromatic rings. The SMILES string of the molecule is COc1ccccc1-c1cccc2c1OC(CN(Cc1ccccc1)C(=O)O)C2. The summed E-state index contributed by atoms with van der Waals surface area (Å²) in [5, 5.41) is 9.67. The molecule has 0 radical (unpaired) electrons. The summed E-state index contributed by atoms with van der Waals surface area (Å²) >= 11 is 0. The van der Waals surface area contributed by atoms with Gasteiger partial charge in [-0.2, -0.15) is 0 Å². The monoisotopic (exact) mass is 389 g/mol. The number of amides is 1. The van der Waals surface area contributed by atoms with Gasteiger partial charge in [-0.3, -0.25) is 0 Å². The minimum atomic E-state index is -0.946. The standard InChI is InChI=1S/C24H23NO4/c1-28-22-13-6-5-11-20(22)21-12-7-10-18-14-19(29-23(18)21)16-25(24(26)27)15-17-8-3-2-4-9-17/h2-13,19H,14-16H2,1H3,(H,26,27). The van der Waals surface area contributed by atoms with Crippen molar-refractivity contribution in [2.24, 2.45) is 0 Å². The molecule has 29 heavy (non-hydrogen) atoms. The zero-order valence-electron chi connectivity index (χ0n) is 16.2. The molecule has 4 rings (SSSR count). The van der Waals surface area contributed by atoms with Crippen LogP contribution in [0.1, 0.15) is 11.1 Å². The van der Waals surface area contributed by atoms with Crippen molar-refractivity contribution in [1.82, 2.24) is 4.90 Å². The minimum absolute atomic E-state index is 0.222. The van der Waals surface area contributed by atoms with E-state index in [0.717, 1.165) is 33.8 Å². The lowest BCUT2D eigenvalue weighted by Crippen LogP contribution is -2.37. The van der Waals surface area contributed by atoms with E-state index in [1.165, 1.54) is 4.90 Å². The van der Waals surface area contributed by atoms with Crippen molar-refractivity contribution in [3.8, 4) is 22.6 Å². The lowest BCUT2D eigenvalue weighted by Gasteiger charge is -2.23. The van der Waals surface area contributed by atoms with E-state index < -0.39 is 6.09 Å². The molecule has 0 fully saturated rings. The Morgan fingerprint density at radius 1 is 1.03 bits per heavy atom. The fourth-order valence-electron chi connectivity index (χ4n) is 3.78. The summed E-state index contributed by atoms with van der Waals surface area (Å²) in [7, 11) is 1.65. The molecule has 148 valence electrons. The number of nitrogens with zero attached hydrogens (tertiary/aromatic N) is 1. The van der Waals surface area contributed by atoms with Crippen LogP contribution >= 0.6 is 0 Å². The van der Waals surface area contributed by atoms with Crippen LogP contribution in [0.3, 0.4) is 0 Å². The average Bonchev–Trinajstić information content (AvgIpc) is 3.16. The summed E-state index contributed by atoms with van der Waals surface area (Å²) < 4.78 is 11.8. The Morgan fingerprint density at radius 3 is 2.52 bits per heavy atom. The van der Waals surface area contributed by atoms with Gasteiger partial charge >= 0.3 is 6.09 Å². The van der Waals surface area contributed by atoms with Gasteiger partial charge in [-0.1, -0.05) is 66.7 Å². The Morgan fingerprint density at radius 2 is 1.76 bits per heavy atom. The predicted molar refractivity (Wildman–Crippen MR) is 111 cm³/mol. The number of para-hydroxylation sites is 2. The lowest BCUT2D eigenvalue weighted by atomic mass is 10.00. The Labute approximate surface area is 170 Å². The van der Waals surface area contributed by atoms with E-state index in [0.29, 0.717) is 19.5 Å². The van der Waals surface area contributed by atoms with Crippen LogP contribution in [-0.2, 0) is 13.0 Å². The molecule has 0 bridgehead atoms. The number of fused-ring (bicyclic) bond motifs is 1. The maximum atomic E-state index is 11.8. The van der Waals surface area contributed by atoms with Gasteiger partial charge in [0, 0.05) is 24.1 Å². The third-order valence-electron chi connectivity index (χ3n) is 5.14. The molecular formula is C24H23NO4. The second-order valence-electron chi connectivity index (χ2n) is 7.09. The minimum Gasteiger partial charge on any atom is -0.496 e. The van der Waals surface area contributed by atoms with Crippen LogP contribution in [0.2, 0.25) is 0 Å². The van der Waals surface area contributed by atoms with Crippen LogP contribution in [0, 0.1) is 0 Å². The Balaban J connectivity index is 1.55. The lowest BCUT2D eigenvalue weighted by molar-refractivity contribution is 0.113. The molecule has 0 spiro atoms. The number of hydrogen-bond donors (Lipinski definition) is 1. The third kappa shape index (κ3) is 4.04. The van der Waals surface area contributed by atoms with Crippen LogP contribution in [0.15, 0.2) is 72.8 Å². The molecule has 0 saturated carbocycles. The van der Waals surface area contributed by atoms with Gasteiger partial charge in [-0.25, -0.2) is 4.79 Å². The molecular weight excluding hydrogens is 366 g/mol. The van der Waals surface area contributed by atoms with Crippen LogP contribution in [0.5, 0.6) is 11.5 Å². The summed E-state index contributed by atoms with van der Waals surface area (Å²) in [5.41, 5.74) is 3.97. The summed E-state index contributed by atoms with van der Waals surface area (Å²) in [6.45, 7) is 0.649. The molecule has 1 heterocycles. The van der Waals surface area contributed by atoms with Crippen molar-refractivity contribution >= 4 is 6.09 Å². The molecule has 0 aromatic heterocycles. The average molecular weight is 389 g/mol. The second-order valence-corrected chi connectivity index (χ2v) is 7.09. The van der Waals surface area contributed by atoms with E-state index >= 15 is 0 Å². The van der Waals surface area contributed by atoms with E-state index in [-0.39, 0.29) is 6.10 Å². The smallest absolute Gasteiger partial charge is 0.407 e. The molecule has 1 aliphatic heterocycles. The topological polar surface area (TPSA) is 59.0 Å². The van der Waals surface area contributed by atoms with E-state index in [1.54, 1.807) is 7.11 Å². The second kappa shape index (κ2) is 8.27. The normalized spacial score (nSPS) is 14.7. The number of carboxylic acid groups (broad SMARTS) is 1. The Kier molecular flexibility index (Phi) is 5.38. The highest BCUT2D eigenvalue weighted by molar-refractivity contribution is 5.77. The van der Waals surface area contributed by atoms with Crippen molar-refractivity contribution in [3.63, 3.8) is 0 Å². The first-order valence-electron chi connectivity index (χ1n) is 9.59. The summed E-state index contributed by atoms with van der Waals surface area (Å²) in [5.74, 6) is 1.59. The van der Waals surface area contributed by atoms with E-state index in [2.05, 4.69) is 0 Å². The number of rotatable bonds is 6. The number of methoxy groups -OCH3 is 1. The molecule has 0 saturated heterocycles. The highest BCUT2D eigenvalue weighted by Gasteiger charge is 2.29. The first kappa shape index (κ1) is 18.9. The van der Waals surface area contributed by atoms with Gasteiger partial charge in [0.25, 0.3) is 0 Å². The summed E-state index contributed by atoms with van der Waals surface area (Å²) in [6, 6.07) is 23.5. The number of benzene rings is 3. The van der Waals surface area contributed by atoms with Gasteiger partial charge in [0.15, 0.2) is 0 Å². The number of carbonyl (C=O) groups is 1. The molecule has 5 heteroatoms. The fourth-order valence-corrected chi connectivity index (χ4v) is 3.78. The molecule has 1 amide bonds. The number of hydrogen-bond acceptors (Lipinski definition) is 3. The van der Waals surface area contributed by atoms with E-state index in [4.69, 9.17) is 9.47 Å². The maximum absolute atomic E-state index is 11.8.